The Morgan fingerprint density at radius 3 is 1.42 bits per heavy atom. The molecule has 86 heavy (non-hydrogen) atoms. The van der Waals surface area contributed by atoms with Gasteiger partial charge in [-0.05, 0) is 58.3 Å². The molecule has 6 atom stereocenters. The smallest absolute Gasteiger partial charge is 0.326 e. The molecule has 0 aromatic rings. The molecule has 0 aromatic heterocycles. The number of unbranched alkanes of at least 4 members (excludes halogenated alkanes) is 14. The molecule has 0 unspecified atom stereocenters. The van der Waals surface area contributed by atoms with Gasteiger partial charge in [-0.25, -0.2) is 9.59 Å². The molecule has 11 N–H and O–H groups in total. The summed E-state index contributed by atoms with van der Waals surface area (Å²) in [4.78, 5) is 144. The van der Waals surface area contributed by atoms with E-state index in [1.807, 2.05) is 0 Å². The Morgan fingerprint density at radius 1 is 0.395 bits per heavy atom. The highest BCUT2D eigenvalue weighted by molar-refractivity contribution is 5.87. The average Bonchev–Trinajstić information content (AvgIpc) is 3.56. The van der Waals surface area contributed by atoms with Crippen LogP contribution in [0.5, 0.6) is 0 Å². The highest BCUT2D eigenvalue weighted by Gasteiger charge is 2.27. The quantitative estimate of drug-likeness (QED) is 0.0385. The molecule has 0 aromatic carbocycles. The molecule has 0 aliphatic rings. The molecule has 0 saturated carbocycles. The van der Waals surface area contributed by atoms with Gasteiger partial charge in [-0.3, -0.25) is 53.3 Å². The molecule has 0 heterocycles. The molecule has 494 valence electrons. The second-order valence-corrected chi connectivity index (χ2v) is 21.6. The molecule has 0 fully saturated rings. The molecular weight excluding hydrogens is 1130 g/mol. The van der Waals surface area contributed by atoms with E-state index >= 15 is 0 Å². The van der Waals surface area contributed by atoms with Crippen LogP contribution in [0.1, 0.15) is 194 Å². The number of aliphatic carboxylic acids is 5. The van der Waals surface area contributed by atoms with Crippen molar-refractivity contribution in [2.24, 2.45) is 11.8 Å². The number of aliphatic hydroxyl groups excluding tert-OH is 1. The highest BCUT2D eigenvalue weighted by atomic mass is 16.5. The van der Waals surface area contributed by atoms with E-state index in [-0.39, 0.29) is 141 Å². The van der Waals surface area contributed by atoms with Gasteiger partial charge in [0.1, 0.15) is 42.9 Å². The molecule has 0 rings (SSSR count). The molecule has 0 saturated heterocycles. The first-order valence-electron chi connectivity index (χ1n) is 30.6. The fourth-order valence-corrected chi connectivity index (χ4v) is 8.76. The fourth-order valence-electron chi connectivity index (χ4n) is 8.76. The molecule has 27 heteroatoms. The first-order valence-corrected chi connectivity index (χ1v) is 30.6. The van der Waals surface area contributed by atoms with Crippen molar-refractivity contribution in [3.8, 4) is 0 Å². The number of aliphatic hydroxyl groups is 1. The van der Waals surface area contributed by atoms with E-state index in [0.717, 1.165) is 57.8 Å². The number of ketones is 3. The standard InChI is InChI=1S/C59H101N5O22/c1-42(49(68)39-62-55(43(2)65)59(81)82)20-17-18-30-60-51(70)29-27-48(58(79)80)64-53(72)41-86-37-34-83-32-19-21-46(67)40-85-36-35-84-33-31-61-50(69)28-24-44(56(75)76)38-45(66)25-26-47(57(77)78)63-52(71)22-15-13-11-9-7-5-3-4-6-8-10-12-14-16-23-54(73)74/h42-44,47-48,55,62,65H,3-41H2,1-2H3,(H,60,70)(H,61,69)(H,63,71)(H,64,72)(H,73,74)(H,75,76)(H,77,78)(H,79,80)(H,81,82)/t42-,43+,44+,47-,48-,55-/m0/s1. The van der Waals surface area contributed by atoms with Crippen LogP contribution in [0.4, 0.5) is 0 Å². The molecule has 0 bridgehead atoms. The van der Waals surface area contributed by atoms with E-state index in [2.05, 4.69) is 26.6 Å². The van der Waals surface area contributed by atoms with E-state index in [0.29, 0.717) is 32.1 Å². The van der Waals surface area contributed by atoms with Crippen LogP contribution in [-0.4, -0.2) is 198 Å². The second-order valence-electron chi connectivity index (χ2n) is 21.6. The molecule has 4 amide bonds. The van der Waals surface area contributed by atoms with Gasteiger partial charge in [-0.2, -0.15) is 0 Å². The van der Waals surface area contributed by atoms with Crippen LogP contribution in [0, 0.1) is 11.8 Å². The number of ether oxygens (including phenoxy) is 4. The van der Waals surface area contributed by atoms with Crippen molar-refractivity contribution in [2.75, 3.05) is 72.5 Å². The lowest BCUT2D eigenvalue weighted by Gasteiger charge is -2.18. The summed E-state index contributed by atoms with van der Waals surface area (Å²) < 4.78 is 21.4. The lowest BCUT2D eigenvalue weighted by molar-refractivity contribution is -0.145. The Labute approximate surface area is 505 Å². The van der Waals surface area contributed by atoms with Crippen molar-refractivity contribution < 1.29 is 107 Å². The predicted molar refractivity (Wildman–Crippen MR) is 312 cm³/mol. The topological polar surface area (TPSA) is 423 Å². The Morgan fingerprint density at radius 2 is 0.884 bits per heavy atom. The van der Waals surface area contributed by atoms with Crippen LogP contribution in [-0.2, 0) is 76.5 Å². The number of amides is 4. The maximum Gasteiger partial charge on any atom is 0.326 e. The number of hydrogen-bond acceptors (Lipinski definition) is 18. The molecule has 0 aliphatic carbocycles. The average molecular weight is 1230 g/mol. The van der Waals surface area contributed by atoms with Gasteiger partial charge in [0.15, 0.2) is 5.78 Å². The van der Waals surface area contributed by atoms with Gasteiger partial charge < -0.3 is 70.9 Å². The number of rotatable bonds is 61. The van der Waals surface area contributed by atoms with Gasteiger partial charge in [0.05, 0.1) is 51.6 Å². The summed E-state index contributed by atoms with van der Waals surface area (Å²) in [7, 11) is 0. The van der Waals surface area contributed by atoms with Crippen molar-refractivity contribution in [2.45, 2.75) is 218 Å². The van der Waals surface area contributed by atoms with E-state index < -0.39 is 102 Å². The summed E-state index contributed by atoms with van der Waals surface area (Å²) in [6.45, 7) is 3.24. The van der Waals surface area contributed by atoms with Crippen LogP contribution in [0.2, 0.25) is 0 Å². The first-order chi connectivity index (χ1) is 41.0. The second kappa shape index (κ2) is 52.2. The number of carbonyl (C=O) groups is 12. The zero-order valence-corrected chi connectivity index (χ0v) is 50.8. The number of hydrogen-bond donors (Lipinski definition) is 11. The van der Waals surface area contributed by atoms with Gasteiger partial charge in [0, 0.05) is 70.6 Å². The third kappa shape index (κ3) is 47.2. The minimum Gasteiger partial charge on any atom is -0.481 e. The summed E-state index contributed by atoms with van der Waals surface area (Å²) in [5.41, 5.74) is 0. The largest absolute Gasteiger partial charge is 0.481 e. The maximum atomic E-state index is 12.7. The van der Waals surface area contributed by atoms with Crippen LogP contribution >= 0.6 is 0 Å². The van der Waals surface area contributed by atoms with Crippen molar-refractivity contribution in [1.82, 2.24) is 26.6 Å². The summed E-state index contributed by atoms with van der Waals surface area (Å²) in [6.07, 6.45) is 14.3. The third-order valence-electron chi connectivity index (χ3n) is 14.0. The minimum absolute atomic E-state index is 0.0119. The number of nitrogens with one attached hydrogen (secondary N) is 5. The Balaban J connectivity index is 4.04. The molecular formula is C59H101N5O22. The normalized spacial score (nSPS) is 13.3. The van der Waals surface area contributed by atoms with Crippen LogP contribution < -0.4 is 26.6 Å². The van der Waals surface area contributed by atoms with E-state index in [1.54, 1.807) is 6.92 Å². The van der Waals surface area contributed by atoms with E-state index in [9.17, 15) is 78.0 Å². The Hall–Kier alpha value is -6.00. The van der Waals surface area contributed by atoms with Crippen molar-refractivity contribution >= 4 is 70.8 Å². The predicted octanol–water partition coefficient (Wildman–Crippen LogP) is 3.90. The summed E-state index contributed by atoms with van der Waals surface area (Å²) >= 11 is 0. The zero-order chi connectivity index (χ0) is 64.3. The fraction of sp³-hybridized carbons (Fsp3) is 0.797. The monoisotopic (exact) mass is 1230 g/mol. The number of carbonyl (C=O) groups excluding carboxylic acids is 7. The van der Waals surface area contributed by atoms with E-state index in [4.69, 9.17) is 29.2 Å². The van der Waals surface area contributed by atoms with Gasteiger partial charge in [0.2, 0.25) is 23.6 Å². The minimum atomic E-state index is -1.33. The van der Waals surface area contributed by atoms with Gasteiger partial charge in [-0.1, -0.05) is 90.4 Å². The van der Waals surface area contributed by atoms with Gasteiger partial charge >= 0.3 is 29.8 Å². The maximum absolute atomic E-state index is 12.7. The van der Waals surface area contributed by atoms with Crippen LogP contribution in [0.3, 0.4) is 0 Å². The highest BCUT2D eigenvalue weighted by Crippen LogP contribution is 2.17. The number of carboxylic acids is 5. The first kappa shape index (κ1) is 80.0. The molecule has 0 spiro atoms. The van der Waals surface area contributed by atoms with Gasteiger partial charge in [0.25, 0.3) is 0 Å². The lowest BCUT2D eigenvalue weighted by Crippen LogP contribution is -2.47. The summed E-state index contributed by atoms with van der Waals surface area (Å²) in [5, 5.41) is 68.7. The third-order valence-corrected chi connectivity index (χ3v) is 14.0. The van der Waals surface area contributed by atoms with Crippen LogP contribution in [0.15, 0.2) is 0 Å². The van der Waals surface area contributed by atoms with Crippen molar-refractivity contribution in [3.63, 3.8) is 0 Å². The molecule has 0 radical (unpaired) electrons. The number of carboxylic acid groups (broad SMARTS) is 5. The van der Waals surface area contributed by atoms with Crippen molar-refractivity contribution in [3.05, 3.63) is 0 Å². The SMILES string of the molecule is C[C@@H](CCCCNC(=O)CC[C@H](NC(=O)COCCOCCCC(=O)COCCOCCNC(=O)CC[C@H](CC(=O)CC[C@H](NC(=O)CCCCCCCCCCCCCCCCC(=O)O)C(=O)O)C(=O)O)C(=O)O)C(=O)CN[C@H](C(=O)O)[C@@H](C)O. The molecule has 27 nitrogen and oxygen atoms in total. The van der Waals surface area contributed by atoms with E-state index in [1.165, 1.54) is 32.6 Å². The Kier molecular flexibility index (Phi) is 48.5. The zero-order valence-electron chi connectivity index (χ0n) is 50.8. The van der Waals surface area contributed by atoms with Crippen molar-refractivity contribution in [1.29, 1.82) is 0 Å². The molecule has 0 aliphatic heterocycles. The number of Topliss-reactive ketones (excluding diaryl/α,β-unsaturated/α-hetero) is 3. The van der Waals surface area contributed by atoms with Gasteiger partial charge in [-0.15, -0.1) is 0 Å². The van der Waals surface area contributed by atoms with Crippen LogP contribution in [0.25, 0.3) is 0 Å². The Bertz CT molecular complexity index is 2010. The lowest BCUT2D eigenvalue weighted by atomic mass is 9.94. The summed E-state index contributed by atoms with van der Waals surface area (Å²) in [6, 6.07) is -3.90. The summed E-state index contributed by atoms with van der Waals surface area (Å²) in [5.74, 6) is -10.3.